The first-order chi connectivity index (χ1) is 12.5. The van der Waals surface area contributed by atoms with Crippen LogP contribution in [0.3, 0.4) is 0 Å². The molecule has 0 saturated carbocycles. The van der Waals surface area contributed by atoms with Crippen molar-refractivity contribution in [2.75, 3.05) is 23.4 Å². The van der Waals surface area contributed by atoms with E-state index in [2.05, 4.69) is 5.32 Å². The number of amides is 2. The van der Waals surface area contributed by atoms with Crippen LogP contribution in [-0.4, -0.2) is 36.0 Å². The Balaban J connectivity index is 1.62. The first-order valence-electron chi connectivity index (χ1n) is 8.11. The van der Waals surface area contributed by atoms with Crippen LogP contribution in [0.4, 0.5) is 11.4 Å². The van der Waals surface area contributed by atoms with Crippen molar-refractivity contribution in [2.24, 2.45) is 0 Å². The fourth-order valence-corrected chi connectivity index (χ4v) is 2.91. The van der Waals surface area contributed by atoms with Gasteiger partial charge in [-0.1, -0.05) is 12.1 Å². The third-order valence-corrected chi connectivity index (χ3v) is 4.13. The van der Waals surface area contributed by atoms with Crippen molar-refractivity contribution in [1.29, 1.82) is 0 Å². The van der Waals surface area contributed by atoms with Gasteiger partial charge in [0.25, 0.3) is 5.91 Å². The smallest absolute Gasteiger partial charge is 0.337 e. The molecule has 2 N–H and O–H groups in total. The molecule has 1 aliphatic heterocycles. The van der Waals surface area contributed by atoms with E-state index in [-0.39, 0.29) is 23.8 Å². The third-order valence-electron chi connectivity index (χ3n) is 4.13. The number of nitrogens with zero attached hydrogens (tertiary/aromatic N) is 1. The Labute approximate surface area is 150 Å². The van der Waals surface area contributed by atoms with Crippen molar-refractivity contribution in [3.63, 3.8) is 0 Å². The van der Waals surface area contributed by atoms with E-state index >= 15 is 0 Å². The predicted molar refractivity (Wildman–Crippen MR) is 95.7 cm³/mol. The van der Waals surface area contributed by atoms with Gasteiger partial charge in [-0.2, -0.15) is 0 Å². The Hall–Kier alpha value is -3.35. The number of aromatic carboxylic acids is 1. The van der Waals surface area contributed by atoms with E-state index < -0.39 is 11.9 Å². The Bertz CT molecular complexity index is 878. The molecule has 3 rings (SSSR count). The number of hydrogen-bond donors (Lipinski definition) is 2. The van der Waals surface area contributed by atoms with Gasteiger partial charge >= 0.3 is 5.97 Å². The molecule has 0 atom stereocenters. The molecule has 26 heavy (non-hydrogen) atoms. The number of nitrogens with one attached hydrogen (secondary N) is 1. The lowest BCUT2D eigenvalue weighted by Crippen LogP contribution is -2.25. The van der Waals surface area contributed by atoms with Gasteiger partial charge in [0.05, 0.1) is 11.3 Å². The van der Waals surface area contributed by atoms with Crippen molar-refractivity contribution in [3.8, 4) is 5.75 Å². The molecule has 7 heteroatoms. The van der Waals surface area contributed by atoms with E-state index in [0.29, 0.717) is 12.3 Å². The summed E-state index contributed by atoms with van der Waals surface area (Å²) in [5.74, 6) is -1.05. The zero-order chi connectivity index (χ0) is 18.7. The highest BCUT2D eigenvalue weighted by Gasteiger charge is 2.22. The molecule has 0 bridgehead atoms. The standard InChI is InChI=1S/C19H18N2O5/c1-12(22)21-9-8-13-10-14(6-7-17(13)21)26-11-18(23)20-16-5-3-2-4-15(16)19(24)25/h2-7,10H,8-9,11H2,1H3,(H,20,23)(H,24,25). The van der Waals surface area contributed by atoms with E-state index in [0.717, 1.165) is 17.7 Å². The van der Waals surface area contributed by atoms with Gasteiger partial charge in [-0.3, -0.25) is 9.59 Å². The number of hydrogen-bond acceptors (Lipinski definition) is 4. The monoisotopic (exact) mass is 354 g/mol. The van der Waals surface area contributed by atoms with Gasteiger partial charge in [-0.25, -0.2) is 4.79 Å². The van der Waals surface area contributed by atoms with Crippen molar-refractivity contribution in [1.82, 2.24) is 0 Å². The largest absolute Gasteiger partial charge is 0.484 e. The van der Waals surface area contributed by atoms with Crippen molar-refractivity contribution < 1.29 is 24.2 Å². The number of carboxylic acids is 1. The minimum absolute atomic E-state index is 0.00566. The maximum absolute atomic E-state index is 12.1. The summed E-state index contributed by atoms with van der Waals surface area (Å²) < 4.78 is 5.50. The van der Waals surface area contributed by atoms with Gasteiger partial charge in [0, 0.05) is 19.2 Å². The third kappa shape index (κ3) is 3.66. The van der Waals surface area contributed by atoms with Crippen LogP contribution in [0, 0.1) is 0 Å². The summed E-state index contributed by atoms with van der Waals surface area (Å²) in [5.41, 5.74) is 2.10. The van der Waals surface area contributed by atoms with E-state index in [1.54, 1.807) is 29.2 Å². The molecule has 0 aromatic heterocycles. The van der Waals surface area contributed by atoms with Crippen LogP contribution in [0.5, 0.6) is 5.75 Å². The first-order valence-corrected chi connectivity index (χ1v) is 8.11. The number of benzene rings is 2. The first kappa shape index (κ1) is 17.5. The van der Waals surface area contributed by atoms with Crippen LogP contribution in [-0.2, 0) is 16.0 Å². The maximum Gasteiger partial charge on any atom is 0.337 e. The molecule has 134 valence electrons. The fraction of sp³-hybridized carbons (Fsp3) is 0.211. The number of carbonyl (C=O) groups excluding carboxylic acids is 2. The molecule has 2 aromatic carbocycles. The lowest BCUT2D eigenvalue weighted by molar-refractivity contribution is -0.118. The van der Waals surface area contributed by atoms with Gasteiger partial charge in [0.15, 0.2) is 6.61 Å². The Kier molecular flexibility index (Phi) is 4.88. The molecule has 2 aromatic rings. The molecule has 7 nitrogen and oxygen atoms in total. The summed E-state index contributed by atoms with van der Waals surface area (Å²) >= 11 is 0. The zero-order valence-corrected chi connectivity index (χ0v) is 14.2. The molecule has 0 spiro atoms. The van der Waals surface area contributed by atoms with Crippen LogP contribution >= 0.6 is 0 Å². The molecular weight excluding hydrogens is 336 g/mol. The lowest BCUT2D eigenvalue weighted by Gasteiger charge is -2.15. The highest BCUT2D eigenvalue weighted by Crippen LogP contribution is 2.31. The number of anilines is 2. The number of para-hydroxylation sites is 1. The number of carbonyl (C=O) groups is 3. The molecule has 0 unspecified atom stereocenters. The van der Waals surface area contributed by atoms with Gasteiger partial charge in [-0.15, -0.1) is 0 Å². The van der Waals surface area contributed by atoms with E-state index in [1.807, 2.05) is 6.07 Å². The highest BCUT2D eigenvalue weighted by molar-refractivity contribution is 6.01. The normalized spacial score (nSPS) is 12.4. The molecule has 0 saturated heterocycles. The average Bonchev–Trinajstić information content (AvgIpc) is 3.03. The number of ether oxygens (including phenoxy) is 1. The van der Waals surface area contributed by atoms with Crippen LogP contribution < -0.4 is 15.0 Å². The Morgan fingerprint density at radius 3 is 2.69 bits per heavy atom. The van der Waals surface area contributed by atoms with E-state index in [9.17, 15) is 14.4 Å². The summed E-state index contributed by atoms with van der Waals surface area (Å²) in [6.07, 6.45) is 0.740. The topological polar surface area (TPSA) is 95.9 Å². The second-order valence-electron chi connectivity index (χ2n) is 5.90. The number of rotatable bonds is 5. The molecule has 0 aliphatic carbocycles. The van der Waals surface area contributed by atoms with Crippen molar-refractivity contribution in [2.45, 2.75) is 13.3 Å². The summed E-state index contributed by atoms with van der Waals surface area (Å²) in [5, 5.41) is 11.7. The van der Waals surface area contributed by atoms with Gasteiger partial charge in [0.1, 0.15) is 5.75 Å². The Morgan fingerprint density at radius 1 is 1.19 bits per heavy atom. The highest BCUT2D eigenvalue weighted by atomic mass is 16.5. The molecule has 2 amide bonds. The van der Waals surface area contributed by atoms with Crippen LogP contribution in [0.25, 0.3) is 0 Å². The SMILES string of the molecule is CC(=O)N1CCc2cc(OCC(=O)Nc3ccccc3C(=O)O)ccc21. The molecule has 0 radical (unpaired) electrons. The number of fused-ring (bicyclic) bond motifs is 1. The molecule has 1 aliphatic rings. The molecule has 0 fully saturated rings. The van der Waals surface area contributed by atoms with Crippen LogP contribution in [0.1, 0.15) is 22.8 Å². The van der Waals surface area contributed by atoms with E-state index in [1.165, 1.54) is 19.1 Å². The fourth-order valence-electron chi connectivity index (χ4n) is 2.91. The number of carboxylic acid groups (broad SMARTS) is 1. The molecule has 1 heterocycles. The Morgan fingerprint density at radius 2 is 1.96 bits per heavy atom. The second kappa shape index (κ2) is 7.26. The van der Waals surface area contributed by atoms with E-state index in [4.69, 9.17) is 9.84 Å². The quantitative estimate of drug-likeness (QED) is 0.859. The van der Waals surface area contributed by atoms with Gasteiger partial charge < -0.3 is 20.1 Å². The predicted octanol–water partition coefficient (Wildman–Crippen LogP) is 2.31. The van der Waals surface area contributed by atoms with Crippen molar-refractivity contribution in [3.05, 3.63) is 53.6 Å². The zero-order valence-electron chi connectivity index (χ0n) is 14.2. The van der Waals surface area contributed by atoms with Gasteiger partial charge in [-0.05, 0) is 42.3 Å². The van der Waals surface area contributed by atoms with Crippen LogP contribution in [0.15, 0.2) is 42.5 Å². The minimum atomic E-state index is -1.12. The van der Waals surface area contributed by atoms with Crippen LogP contribution in [0.2, 0.25) is 0 Å². The maximum atomic E-state index is 12.1. The summed E-state index contributed by atoms with van der Waals surface area (Å²) in [7, 11) is 0. The van der Waals surface area contributed by atoms with Gasteiger partial charge in [0.2, 0.25) is 5.91 Å². The lowest BCUT2D eigenvalue weighted by atomic mass is 10.1. The molecular formula is C19H18N2O5. The second-order valence-corrected chi connectivity index (χ2v) is 5.90. The van der Waals surface area contributed by atoms with Crippen molar-refractivity contribution >= 4 is 29.2 Å². The summed E-state index contributed by atoms with van der Waals surface area (Å²) in [6.45, 7) is 1.92. The minimum Gasteiger partial charge on any atom is -0.484 e. The summed E-state index contributed by atoms with van der Waals surface area (Å²) in [6, 6.07) is 11.5. The average molecular weight is 354 g/mol. The summed E-state index contributed by atoms with van der Waals surface area (Å²) in [4.78, 5) is 36.5.